The van der Waals surface area contributed by atoms with Crippen LogP contribution in [0.15, 0.2) is 42.5 Å². The topological polar surface area (TPSA) is 47.6 Å². The molecule has 2 unspecified atom stereocenters. The van der Waals surface area contributed by atoms with E-state index >= 15 is 0 Å². The van der Waals surface area contributed by atoms with E-state index in [4.69, 9.17) is 9.47 Å². The first kappa shape index (κ1) is 20.4. The van der Waals surface area contributed by atoms with Gasteiger partial charge in [0.05, 0.1) is 14.2 Å². The van der Waals surface area contributed by atoms with E-state index in [-0.39, 0.29) is 11.7 Å². The summed E-state index contributed by atoms with van der Waals surface area (Å²) in [6.07, 6.45) is 3.98. The van der Waals surface area contributed by atoms with Gasteiger partial charge in [-0.2, -0.15) is 0 Å². The van der Waals surface area contributed by atoms with Crippen molar-refractivity contribution in [3.05, 3.63) is 59.2 Å². The number of ketones is 1. The molecule has 0 radical (unpaired) electrons. The lowest BCUT2D eigenvalue weighted by atomic mass is 9.83. The molecular formula is C24H31NO3. The summed E-state index contributed by atoms with van der Waals surface area (Å²) in [7, 11) is 3.24. The second-order valence-corrected chi connectivity index (χ2v) is 7.51. The fraction of sp³-hybridized carbons (Fsp3) is 0.458. The molecule has 0 aromatic heterocycles. The maximum absolute atomic E-state index is 13.0. The van der Waals surface area contributed by atoms with Gasteiger partial charge in [0, 0.05) is 18.0 Å². The predicted octanol–water partition coefficient (Wildman–Crippen LogP) is 4.66. The number of nitrogens with one attached hydrogen (secondary N) is 1. The predicted molar refractivity (Wildman–Crippen MR) is 112 cm³/mol. The Morgan fingerprint density at radius 3 is 2.50 bits per heavy atom. The third-order valence-corrected chi connectivity index (χ3v) is 5.85. The van der Waals surface area contributed by atoms with Gasteiger partial charge in [-0.05, 0) is 55.0 Å². The van der Waals surface area contributed by atoms with Crippen LogP contribution in [0.4, 0.5) is 0 Å². The average Bonchev–Trinajstić information content (AvgIpc) is 3.05. The van der Waals surface area contributed by atoms with Crippen molar-refractivity contribution >= 4 is 5.78 Å². The Bertz CT molecular complexity index is 788. The van der Waals surface area contributed by atoms with Gasteiger partial charge in [0.2, 0.25) is 0 Å². The Hall–Kier alpha value is -2.33. The molecule has 0 aliphatic heterocycles. The summed E-state index contributed by atoms with van der Waals surface area (Å²) in [4.78, 5) is 13.0. The largest absolute Gasteiger partial charge is 0.493 e. The minimum absolute atomic E-state index is 0.0749. The third-order valence-electron chi connectivity index (χ3n) is 5.85. The number of Topliss-reactive ketones (excluding diaryl/α,β-unsaturated/α-hetero) is 1. The Morgan fingerprint density at radius 2 is 1.82 bits per heavy atom. The van der Waals surface area contributed by atoms with Crippen LogP contribution in [0.3, 0.4) is 0 Å². The monoisotopic (exact) mass is 381 g/mol. The second kappa shape index (κ2) is 9.74. The molecule has 28 heavy (non-hydrogen) atoms. The van der Waals surface area contributed by atoms with E-state index in [0.717, 1.165) is 49.9 Å². The molecule has 0 heterocycles. The molecule has 0 spiro atoms. The first-order chi connectivity index (χ1) is 13.7. The molecule has 0 bridgehead atoms. The highest BCUT2D eigenvalue weighted by Crippen LogP contribution is 2.40. The highest BCUT2D eigenvalue weighted by molar-refractivity contribution is 6.03. The molecule has 150 valence electrons. The van der Waals surface area contributed by atoms with Crippen molar-refractivity contribution in [3.8, 4) is 11.5 Å². The Kier molecular flexibility index (Phi) is 7.10. The molecular weight excluding hydrogens is 350 g/mol. The van der Waals surface area contributed by atoms with E-state index in [9.17, 15) is 4.79 Å². The van der Waals surface area contributed by atoms with Crippen LogP contribution in [0.2, 0.25) is 0 Å². The van der Waals surface area contributed by atoms with Crippen molar-refractivity contribution in [3.63, 3.8) is 0 Å². The van der Waals surface area contributed by atoms with Gasteiger partial charge < -0.3 is 14.8 Å². The van der Waals surface area contributed by atoms with E-state index < -0.39 is 0 Å². The molecule has 4 nitrogen and oxygen atoms in total. The van der Waals surface area contributed by atoms with Crippen LogP contribution < -0.4 is 14.8 Å². The van der Waals surface area contributed by atoms with Crippen molar-refractivity contribution in [2.45, 2.75) is 39.2 Å². The van der Waals surface area contributed by atoms with Gasteiger partial charge in [-0.1, -0.05) is 43.7 Å². The number of rotatable bonds is 10. The zero-order valence-electron chi connectivity index (χ0n) is 17.2. The van der Waals surface area contributed by atoms with Crippen LogP contribution in [0.5, 0.6) is 11.5 Å². The summed E-state index contributed by atoms with van der Waals surface area (Å²) in [5, 5.41) is 3.51. The lowest BCUT2D eigenvalue weighted by Gasteiger charge is -2.21. The van der Waals surface area contributed by atoms with Crippen LogP contribution in [-0.4, -0.2) is 26.5 Å². The van der Waals surface area contributed by atoms with Crippen LogP contribution in [-0.2, 0) is 13.0 Å². The van der Waals surface area contributed by atoms with Gasteiger partial charge in [-0.3, -0.25) is 4.79 Å². The van der Waals surface area contributed by atoms with Gasteiger partial charge in [-0.15, -0.1) is 0 Å². The Morgan fingerprint density at radius 1 is 1.11 bits per heavy atom. The van der Waals surface area contributed by atoms with E-state index in [1.165, 1.54) is 5.56 Å². The standard InChI is InChI=1S/C24H31NO3/c1-4-18(11-8-12-25-16-17-9-6-5-7-10-17)20-13-19-14-22(27-2)23(28-3)15-21(19)24(20)26/h5-7,9-10,14-15,18,20,25H,4,8,11-13,16H2,1-3H3. The summed E-state index contributed by atoms with van der Waals surface area (Å²) < 4.78 is 10.8. The minimum atomic E-state index is 0.0749. The van der Waals surface area contributed by atoms with Gasteiger partial charge in [-0.25, -0.2) is 0 Å². The zero-order chi connectivity index (χ0) is 19.9. The van der Waals surface area contributed by atoms with Crippen molar-refractivity contribution in [2.24, 2.45) is 11.8 Å². The zero-order valence-corrected chi connectivity index (χ0v) is 17.2. The molecule has 3 rings (SSSR count). The molecule has 4 heteroatoms. The fourth-order valence-corrected chi connectivity index (χ4v) is 4.24. The summed E-state index contributed by atoms with van der Waals surface area (Å²) in [6, 6.07) is 14.3. The molecule has 0 fully saturated rings. The number of ether oxygens (including phenoxy) is 2. The number of fused-ring (bicyclic) bond motifs is 1. The van der Waals surface area contributed by atoms with Gasteiger partial charge in [0.15, 0.2) is 17.3 Å². The smallest absolute Gasteiger partial charge is 0.166 e. The number of carbonyl (C=O) groups is 1. The maximum Gasteiger partial charge on any atom is 0.166 e. The van der Waals surface area contributed by atoms with Crippen molar-refractivity contribution < 1.29 is 14.3 Å². The SMILES string of the molecule is CCC(CCCNCc1ccccc1)C1Cc2cc(OC)c(OC)cc2C1=O. The van der Waals surface area contributed by atoms with E-state index in [1.54, 1.807) is 14.2 Å². The maximum atomic E-state index is 13.0. The normalized spacial score (nSPS) is 16.7. The summed E-state index contributed by atoms with van der Waals surface area (Å²) in [5.41, 5.74) is 3.20. The lowest BCUT2D eigenvalue weighted by Crippen LogP contribution is -2.22. The van der Waals surface area contributed by atoms with Crippen LogP contribution in [0, 0.1) is 11.8 Å². The lowest BCUT2D eigenvalue weighted by molar-refractivity contribution is 0.0883. The number of hydrogen-bond donors (Lipinski definition) is 1. The number of hydrogen-bond acceptors (Lipinski definition) is 4. The van der Waals surface area contributed by atoms with Crippen molar-refractivity contribution in [2.75, 3.05) is 20.8 Å². The van der Waals surface area contributed by atoms with Crippen molar-refractivity contribution in [1.29, 1.82) is 0 Å². The number of carbonyl (C=O) groups excluding carboxylic acids is 1. The molecule has 0 saturated carbocycles. The summed E-state index contributed by atoms with van der Waals surface area (Å²) in [6.45, 7) is 4.06. The Labute approximate surface area is 168 Å². The van der Waals surface area contributed by atoms with Crippen LogP contribution in [0.25, 0.3) is 0 Å². The molecule has 2 aromatic carbocycles. The molecule has 0 amide bonds. The van der Waals surface area contributed by atoms with Gasteiger partial charge >= 0.3 is 0 Å². The quantitative estimate of drug-likeness (QED) is 0.608. The summed E-state index contributed by atoms with van der Waals surface area (Å²) in [5.74, 6) is 2.09. The van der Waals surface area contributed by atoms with Gasteiger partial charge in [0.25, 0.3) is 0 Å². The number of benzene rings is 2. The minimum Gasteiger partial charge on any atom is -0.493 e. The van der Waals surface area contributed by atoms with Gasteiger partial charge in [0.1, 0.15) is 0 Å². The first-order valence-electron chi connectivity index (χ1n) is 10.2. The number of methoxy groups -OCH3 is 2. The highest BCUT2D eigenvalue weighted by Gasteiger charge is 2.36. The highest BCUT2D eigenvalue weighted by atomic mass is 16.5. The van der Waals surface area contributed by atoms with E-state index in [1.807, 2.05) is 18.2 Å². The molecule has 1 aliphatic carbocycles. The van der Waals surface area contributed by atoms with E-state index in [0.29, 0.717) is 17.4 Å². The Balaban J connectivity index is 1.55. The molecule has 0 saturated heterocycles. The summed E-state index contributed by atoms with van der Waals surface area (Å²) >= 11 is 0. The average molecular weight is 382 g/mol. The molecule has 2 atom stereocenters. The fourth-order valence-electron chi connectivity index (χ4n) is 4.24. The van der Waals surface area contributed by atoms with Crippen molar-refractivity contribution in [1.82, 2.24) is 5.32 Å². The molecule has 1 N–H and O–H groups in total. The van der Waals surface area contributed by atoms with Crippen LogP contribution >= 0.6 is 0 Å². The first-order valence-corrected chi connectivity index (χ1v) is 10.2. The van der Waals surface area contributed by atoms with Crippen LogP contribution in [0.1, 0.15) is 47.7 Å². The molecule has 2 aromatic rings. The second-order valence-electron chi connectivity index (χ2n) is 7.51. The third kappa shape index (κ3) is 4.56. The van der Waals surface area contributed by atoms with E-state index in [2.05, 4.69) is 36.5 Å². The molecule has 1 aliphatic rings.